The molecule has 0 radical (unpaired) electrons. The lowest BCUT2D eigenvalue weighted by Crippen LogP contribution is -2.04. The highest BCUT2D eigenvalue weighted by Crippen LogP contribution is 2.27. The lowest BCUT2D eigenvalue weighted by Gasteiger charge is -2.10. The molecule has 0 saturated heterocycles. The van der Waals surface area contributed by atoms with Crippen molar-refractivity contribution in [2.24, 2.45) is 0 Å². The second kappa shape index (κ2) is 6.41. The standard InChI is InChI=1S/C20H16O3/c1-2-3-16(13-20(21)22)14-4-6-15(7-5-14)17-8-9-19-18(12-17)10-11-23-19/h4-12,16H,13H2,1H3,(H,21,22). The van der Waals surface area contributed by atoms with Crippen LogP contribution in [0.5, 0.6) is 0 Å². The molecule has 1 heterocycles. The molecule has 3 heteroatoms. The highest BCUT2D eigenvalue weighted by atomic mass is 16.4. The van der Waals surface area contributed by atoms with Crippen molar-refractivity contribution in [1.82, 2.24) is 0 Å². The largest absolute Gasteiger partial charge is 0.481 e. The minimum Gasteiger partial charge on any atom is -0.481 e. The van der Waals surface area contributed by atoms with Crippen molar-refractivity contribution >= 4 is 16.9 Å². The molecule has 0 bridgehead atoms. The molecular formula is C20H16O3. The highest BCUT2D eigenvalue weighted by molar-refractivity contribution is 5.83. The van der Waals surface area contributed by atoms with E-state index in [-0.39, 0.29) is 12.3 Å². The Balaban J connectivity index is 1.90. The highest BCUT2D eigenvalue weighted by Gasteiger charge is 2.13. The maximum atomic E-state index is 11.0. The van der Waals surface area contributed by atoms with Crippen molar-refractivity contribution in [2.75, 3.05) is 0 Å². The van der Waals surface area contributed by atoms with Crippen molar-refractivity contribution in [2.45, 2.75) is 19.3 Å². The van der Waals surface area contributed by atoms with Gasteiger partial charge in [-0.25, -0.2) is 0 Å². The normalized spacial score (nSPS) is 11.7. The van der Waals surface area contributed by atoms with Crippen LogP contribution < -0.4 is 0 Å². The van der Waals surface area contributed by atoms with Gasteiger partial charge in [-0.3, -0.25) is 4.79 Å². The van der Waals surface area contributed by atoms with Gasteiger partial charge in [0.15, 0.2) is 0 Å². The topological polar surface area (TPSA) is 50.4 Å². The molecule has 2 aromatic carbocycles. The number of carboxylic acid groups (broad SMARTS) is 1. The van der Waals surface area contributed by atoms with E-state index in [1.54, 1.807) is 13.2 Å². The Morgan fingerprint density at radius 1 is 1.13 bits per heavy atom. The molecule has 0 amide bonds. The summed E-state index contributed by atoms with van der Waals surface area (Å²) in [6.45, 7) is 1.73. The van der Waals surface area contributed by atoms with Gasteiger partial charge in [0.1, 0.15) is 5.58 Å². The average Bonchev–Trinajstić information content (AvgIpc) is 3.02. The quantitative estimate of drug-likeness (QED) is 0.712. The fraction of sp³-hybridized carbons (Fsp3) is 0.150. The smallest absolute Gasteiger partial charge is 0.304 e. The average molecular weight is 304 g/mol. The molecule has 0 fully saturated rings. The molecule has 1 atom stereocenters. The monoisotopic (exact) mass is 304 g/mol. The van der Waals surface area contributed by atoms with Crippen LogP contribution in [0.25, 0.3) is 22.1 Å². The number of hydrogen-bond acceptors (Lipinski definition) is 2. The van der Waals surface area contributed by atoms with E-state index in [0.717, 1.165) is 27.7 Å². The summed E-state index contributed by atoms with van der Waals surface area (Å²) in [6, 6.07) is 15.9. The zero-order chi connectivity index (χ0) is 16.2. The fourth-order valence-corrected chi connectivity index (χ4v) is 2.66. The number of furan rings is 1. The minimum absolute atomic E-state index is 0.0150. The van der Waals surface area contributed by atoms with E-state index < -0.39 is 5.97 Å². The van der Waals surface area contributed by atoms with Gasteiger partial charge in [0.25, 0.3) is 0 Å². The molecule has 3 nitrogen and oxygen atoms in total. The van der Waals surface area contributed by atoms with Crippen molar-refractivity contribution in [1.29, 1.82) is 0 Å². The second-order valence-corrected chi connectivity index (χ2v) is 5.34. The Morgan fingerprint density at radius 2 is 1.87 bits per heavy atom. The summed E-state index contributed by atoms with van der Waals surface area (Å²) in [5.74, 6) is 4.66. The van der Waals surface area contributed by atoms with E-state index in [9.17, 15) is 4.79 Å². The number of rotatable bonds is 4. The summed E-state index contributed by atoms with van der Waals surface area (Å²) in [6.07, 6.45) is 1.69. The first-order valence-electron chi connectivity index (χ1n) is 7.39. The number of fused-ring (bicyclic) bond motifs is 1. The summed E-state index contributed by atoms with van der Waals surface area (Å²) in [4.78, 5) is 11.0. The summed E-state index contributed by atoms with van der Waals surface area (Å²) in [5.41, 5.74) is 3.97. The van der Waals surface area contributed by atoms with Gasteiger partial charge in [-0.05, 0) is 41.8 Å². The molecule has 0 saturated carbocycles. The minimum atomic E-state index is -0.841. The van der Waals surface area contributed by atoms with E-state index in [1.807, 2.05) is 42.5 Å². The van der Waals surface area contributed by atoms with Crippen LogP contribution in [-0.4, -0.2) is 11.1 Å². The maximum Gasteiger partial charge on any atom is 0.304 e. The first-order valence-corrected chi connectivity index (χ1v) is 7.39. The van der Waals surface area contributed by atoms with Gasteiger partial charge < -0.3 is 9.52 Å². The zero-order valence-corrected chi connectivity index (χ0v) is 12.7. The summed E-state index contributed by atoms with van der Waals surface area (Å²) in [7, 11) is 0. The van der Waals surface area contributed by atoms with Crippen LogP contribution in [0.2, 0.25) is 0 Å². The molecule has 0 aliphatic carbocycles. The molecule has 1 unspecified atom stereocenters. The van der Waals surface area contributed by atoms with E-state index in [0.29, 0.717) is 0 Å². The first kappa shape index (κ1) is 14.9. The Kier molecular flexibility index (Phi) is 4.16. The van der Waals surface area contributed by atoms with Crippen LogP contribution in [0.15, 0.2) is 59.2 Å². The molecule has 114 valence electrons. The van der Waals surface area contributed by atoms with Gasteiger partial charge in [0.2, 0.25) is 0 Å². The Labute approximate surface area is 134 Å². The van der Waals surface area contributed by atoms with E-state index >= 15 is 0 Å². The van der Waals surface area contributed by atoms with Crippen molar-refractivity contribution in [3.05, 3.63) is 60.4 Å². The Morgan fingerprint density at radius 3 is 2.57 bits per heavy atom. The maximum absolute atomic E-state index is 11.0. The number of aliphatic carboxylic acids is 1. The third kappa shape index (κ3) is 3.27. The van der Waals surface area contributed by atoms with Crippen molar-refractivity contribution < 1.29 is 14.3 Å². The van der Waals surface area contributed by atoms with Gasteiger partial charge in [-0.2, -0.15) is 0 Å². The molecule has 1 aromatic heterocycles. The second-order valence-electron chi connectivity index (χ2n) is 5.34. The summed E-state index contributed by atoms with van der Waals surface area (Å²) >= 11 is 0. The fourth-order valence-electron chi connectivity index (χ4n) is 2.66. The summed E-state index contributed by atoms with van der Waals surface area (Å²) in [5, 5.41) is 10.1. The predicted molar refractivity (Wildman–Crippen MR) is 90.1 cm³/mol. The van der Waals surface area contributed by atoms with Crippen LogP contribution in [0.4, 0.5) is 0 Å². The molecule has 3 aromatic rings. The molecular weight excluding hydrogens is 288 g/mol. The number of carboxylic acids is 1. The van der Waals surface area contributed by atoms with Crippen molar-refractivity contribution in [3.8, 4) is 23.0 Å². The SMILES string of the molecule is CC#CC(CC(=O)O)c1ccc(-c2ccc3occc3c2)cc1. The van der Waals surface area contributed by atoms with E-state index in [1.165, 1.54) is 0 Å². The van der Waals surface area contributed by atoms with Gasteiger partial charge in [-0.1, -0.05) is 36.3 Å². The molecule has 0 spiro atoms. The van der Waals surface area contributed by atoms with Crippen LogP contribution in [0.1, 0.15) is 24.8 Å². The number of hydrogen-bond donors (Lipinski definition) is 1. The first-order chi connectivity index (χ1) is 11.2. The predicted octanol–water partition coefficient (Wildman–Crippen LogP) is 4.68. The lowest BCUT2D eigenvalue weighted by atomic mass is 9.94. The van der Waals surface area contributed by atoms with Crippen LogP contribution in [0.3, 0.4) is 0 Å². The molecule has 1 N–H and O–H groups in total. The van der Waals surface area contributed by atoms with Crippen molar-refractivity contribution in [3.63, 3.8) is 0 Å². The zero-order valence-electron chi connectivity index (χ0n) is 12.7. The molecule has 0 aliphatic heterocycles. The van der Waals surface area contributed by atoms with Gasteiger partial charge >= 0.3 is 5.97 Å². The third-order valence-electron chi connectivity index (χ3n) is 3.80. The Hall–Kier alpha value is -2.99. The van der Waals surface area contributed by atoms with E-state index in [4.69, 9.17) is 9.52 Å². The lowest BCUT2D eigenvalue weighted by molar-refractivity contribution is -0.137. The Bertz CT molecular complexity index is 892. The third-order valence-corrected chi connectivity index (χ3v) is 3.80. The van der Waals surface area contributed by atoms with Gasteiger partial charge in [0, 0.05) is 5.39 Å². The van der Waals surface area contributed by atoms with Gasteiger partial charge in [0.05, 0.1) is 18.6 Å². The van der Waals surface area contributed by atoms with Crippen LogP contribution in [-0.2, 0) is 4.79 Å². The van der Waals surface area contributed by atoms with Gasteiger partial charge in [-0.15, -0.1) is 5.92 Å². The molecule has 3 rings (SSSR count). The van der Waals surface area contributed by atoms with E-state index in [2.05, 4.69) is 17.9 Å². The molecule has 23 heavy (non-hydrogen) atoms. The van der Waals surface area contributed by atoms with Crippen LogP contribution >= 0.6 is 0 Å². The number of carbonyl (C=O) groups is 1. The van der Waals surface area contributed by atoms with Crippen LogP contribution in [0, 0.1) is 11.8 Å². The summed E-state index contributed by atoms with van der Waals surface area (Å²) < 4.78 is 5.35. The molecule has 0 aliphatic rings. The number of benzene rings is 2.